The molecule has 0 aliphatic heterocycles. The number of rotatable bonds is 4. The van der Waals surface area contributed by atoms with Gasteiger partial charge >= 0.3 is 0 Å². The van der Waals surface area contributed by atoms with E-state index < -0.39 is 0 Å². The number of anilines is 1. The van der Waals surface area contributed by atoms with Crippen LogP contribution in [-0.4, -0.2) is 15.7 Å². The van der Waals surface area contributed by atoms with Crippen LogP contribution in [0.5, 0.6) is 0 Å². The maximum atomic E-state index is 12.1. The van der Waals surface area contributed by atoms with Gasteiger partial charge in [0.15, 0.2) is 0 Å². The highest BCUT2D eigenvalue weighted by Crippen LogP contribution is 2.21. The molecule has 0 saturated heterocycles. The molecule has 0 unspecified atom stereocenters. The van der Waals surface area contributed by atoms with Crippen LogP contribution in [0.2, 0.25) is 0 Å². The molecule has 106 valence electrons. The molecule has 5 heteroatoms. The maximum Gasteiger partial charge on any atom is 0.246 e. The second-order valence-electron chi connectivity index (χ2n) is 4.79. The fourth-order valence-electron chi connectivity index (χ4n) is 2.14. The molecule has 0 atom stereocenters. The van der Waals surface area contributed by atoms with E-state index in [2.05, 4.69) is 33.3 Å². The Morgan fingerprint density at radius 2 is 2.10 bits per heavy atom. The highest BCUT2D eigenvalue weighted by Gasteiger charge is 2.09. The Bertz CT molecular complexity index is 634. The van der Waals surface area contributed by atoms with Crippen molar-refractivity contribution in [3.63, 3.8) is 0 Å². The standard InChI is InChI=1S/C15H18BrN3O/c1-4-12-8-13(16)5-6-14(12)17-15(20)9-19-11(3)7-10(2)18-19/h5-8H,4,9H2,1-3H3,(H,17,20). The minimum Gasteiger partial charge on any atom is -0.324 e. The summed E-state index contributed by atoms with van der Waals surface area (Å²) in [5, 5.41) is 7.25. The molecule has 2 aromatic rings. The van der Waals surface area contributed by atoms with E-state index in [4.69, 9.17) is 0 Å². The van der Waals surface area contributed by atoms with Crippen molar-refractivity contribution in [1.82, 2.24) is 9.78 Å². The highest BCUT2D eigenvalue weighted by molar-refractivity contribution is 9.10. The summed E-state index contributed by atoms with van der Waals surface area (Å²) in [4.78, 5) is 12.1. The molecule has 0 aliphatic carbocycles. The molecule has 0 fully saturated rings. The number of amides is 1. The van der Waals surface area contributed by atoms with Gasteiger partial charge in [0.2, 0.25) is 5.91 Å². The van der Waals surface area contributed by atoms with Gasteiger partial charge in [0, 0.05) is 15.9 Å². The fourth-order valence-corrected chi connectivity index (χ4v) is 2.55. The zero-order valence-corrected chi connectivity index (χ0v) is 13.5. The molecular weight excluding hydrogens is 318 g/mol. The number of aromatic nitrogens is 2. The number of nitrogens with one attached hydrogen (secondary N) is 1. The monoisotopic (exact) mass is 335 g/mol. The van der Waals surface area contributed by atoms with E-state index in [0.29, 0.717) is 0 Å². The van der Waals surface area contributed by atoms with Gasteiger partial charge in [0.1, 0.15) is 6.54 Å². The average Bonchev–Trinajstić information content (AvgIpc) is 2.70. The SMILES string of the molecule is CCc1cc(Br)ccc1NC(=O)Cn1nc(C)cc1C. The van der Waals surface area contributed by atoms with E-state index in [-0.39, 0.29) is 12.5 Å². The first kappa shape index (κ1) is 14.8. The molecule has 0 bridgehead atoms. The summed E-state index contributed by atoms with van der Waals surface area (Å²) in [5.41, 5.74) is 3.89. The van der Waals surface area contributed by atoms with Crippen LogP contribution >= 0.6 is 15.9 Å². The Morgan fingerprint density at radius 3 is 2.70 bits per heavy atom. The molecule has 1 heterocycles. The number of halogens is 1. The van der Waals surface area contributed by atoms with E-state index in [1.165, 1.54) is 0 Å². The first-order valence-corrected chi connectivity index (χ1v) is 7.38. The van der Waals surface area contributed by atoms with Crippen LogP contribution in [0.15, 0.2) is 28.7 Å². The zero-order chi connectivity index (χ0) is 14.7. The number of hydrogen-bond acceptors (Lipinski definition) is 2. The predicted octanol–water partition coefficient (Wildman–Crippen LogP) is 3.46. The van der Waals surface area contributed by atoms with Gasteiger partial charge in [-0.2, -0.15) is 5.10 Å². The molecule has 1 aromatic heterocycles. The number of hydrogen-bond donors (Lipinski definition) is 1. The zero-order valence-electron chi connectivity index (χ0n) is 11.9. The first-order chi connectivity index (χ1) is 9.49. The van der Waals surface area contributed by atoms with E-state index >= 15 is 0 Å². The Labute approximate surface area is 127 Å². The lowest BCUT2D eigenvalue weighted by Gasteiger charge is -2.11. The van der Waals surface area contributed by atoms with Crippen LogP contribution in [-0.2, 0) is 17.8 Å². The van der Waals surface area contributed by atoms with Gasteiger partial charge in [0.05, 0.1) is 5.69 Å². The topological polar surface area (TPSA) is 46.9 Å². The molecule has 4 nitrogen and oxygen atoms in total. The molecule has 0 aliphatic rings. The first-order valence-electron chi connectivity index (χ1n) is 6.59. The van der Waals surface area contributed by atoms with E-state index in [1.807, 2.05) is 38.1 Å². The molecule has 0 saturated carbocycles. The molecular formula is C15H18BrN3O. The van der Waals surface area contributed by atoms with E-state index in [1.54, 1.807) is 4.68 Å². The van der Waals surface area contributed by atoms with Crippen molar-refractivity contribution in [3.05, 3.63) is 45.7 Å². The van der Waals surface area contributed by atoms with Gasteiger partial charge in [-0.1, -0.05) is 22.9 Å². The number of benzene rings is 1. The molecule has 2 rings (SSSR count). The van der Waals surface area contributed by atoms with Crippen LogP contribution in [0.25, 0.3) is 0 Å². The van der Waals surface area contributed by atoms with Crippen molar-refractivity contribution in [2.45, 2.75) is 33.7 Å². The highest BCUT2D eigenvalue weighted by atomic mass is 79.9. The quantitative estimate of drug-likeness (QED) is 0.929. The lowest BCUT2D eigenvalue weighted by Crippen LogP contribution is -2.21. The number of carbonyl (C=O) groups is 1. The Balaban J connectivity index is 2.10. The van der Waals surface area contributed by atoms with Crippen molar-refractivity contribution in [3.8, 4) is 0 Å². The largest absolute Gasteiger partial charge is 0.324 e. The van der Waals surface area contributed by atoms with Crippen molar-refractivity contribution in [2.24, 2.45) is 0 Å². The summed E-state index contributed by atoms with van der Waals surface area (Å²) in [5.74, 6) is -0.0618. The average molecular weight is 336 g/mol. The van der Waals surface area contributed by atoms with Crippen molar-refractivity contribution >= 4 is 27.5 Å². The van der Waals surface area contributed by atoms with Crippen LogP contribution in [0.4, 0.5) is 5.69 Å². The molecule has 1 N–H and O–H groups in total. The lowest BCUT2D eigenvalue weighted by molar-refractivity contribution is -0.116. The predicted molar refractivity (Wildman–Crippen MR) is 83.9 cm³/mol. The van der Waals surface area contributed by atoms with Crippen LogP contribution in [0, 0.1) is 13.8 Å². The van der Waals surface area contributed by atoms with Gasteiger partial charge in [-0.15, -0.1) is 0 Å². The molecule has 1 aromatic carbocycles. The Kier molecular flexibility index (Phi) is 4.60. The molecule has 0 radical (unpaired) electrons. The van der Waals surface area contributed by atoms with Crippen LogP contribution in [0.1, 0.15) is 23.9 Å². The minimum atomic E-state index is -0.0618. The summed E-state index contributed by atoms with van der Waals surface area (Å²) in [6.45, 7) is 6.17. The van der Waals surface area contributed by atoms with Crippen molar-refractivity contribution in [1.29, 1.82) is 0 Å². The van der Waals surface area contributed by atoms with Crippen LogP contribution in [0.3, 0.4) is 0 Å². The fraction of sp³-hybridized carbons (Fsp3) is 0.333. The second-order valence-corrected chi connectivity index (χ2v) is 5.70. The van der Waals surface area contributed by atoms with Crippen LogP contribution < -0.4 is 5.32 Å². The maximum absolute atomic E-state index is 12.1. The second kappa shape index (κ2) is 6.22. The van der Waals surface area contributed by atoms with E-state index in [0.717, 1.165) is 33.5 Å². The Morgan fingerprint density at radius 1 is 1.35 bits per heavy atom. The smallest absolute Gasteiger partial charge is 0.246 e. The van der Waals surface area contributed by atoms with Crippen molar-refractivity contribution in [2.75, 3.05) is 5.32 Å². The van der Waals surface area contributed by atoms with Gasteiger partial charge in [-0.3, -0.25) is 9.48 Å². The summed E-state index contributed by atoms with van der Waals surface area (Å²) in [6.07, 6.45) is 0.870. The minimum absolute atomic E-state index is 0.0618. The van der Waals surface area contributed by atoms with Gasteiger partial charge < -0.3 is 5.32 Å². The van der Waals surface area contributed by atoms with E-state index in [9.17, 15) is 4.79 Å². The normalized spacial score (nSPS) is 10.6. The van der Waals surface area contributed by atoms with Gasteiger partial charge in [-0.05, 0) is 50.1 Å². The molecule has 1 amide bonds. The number of carbonyl (C=O) groups excluding carboxylic acids is 1. The summed E-state index contributed by atoms with van der Waals surface area (Å²) in [7, 11) is 0. The van der Waals surface area contributed by atoms with Gasteiger partial charge in [0.25, 0.3) is 0 Å². The summed E-state index contributed by atoms with van der Waals surface area (Å²) in [6, 6.07) is 7.84. The van der Waals surface area contributed by atoms with Gasteiger partial charge in [-0.25, -0.2) is 0 Å². The third-order valence-electron chi connectivity index (χ3n) is 3.12. The van der Waals surface area contributed by atoms with Crippen molar-refractivity contribution < 1.29 is 4.79 Å². The number of nitrogens with zero attached hydrogens (tertiary/aromatic N) is 2. The number of aryl methyl sites for hydroxylation is 3. The molecule has 20 heavy (non-hydrogen) atoms. The summed E-state index contributed by atoms with van der Waals surface area (Å²) < 4.78 is 2.74. The Hall–Kier alpha value is -1.62. The third-order valence-corrected chi connectivity index (χ3v) is 3.61. The summed E-state index contributed by atoms with van der Waals surface area (Å²) >= 11 is 3.44. The molecule has 0 spiro atoms. The lowest BCUT2D eigenvalue weighted by atomic mass is 10.1. The third kappa shape index (κ3) is 3.48.